The molecule has 26 heavy (non-hydrogen) atoms. The zero-order chi connectivity index (χ0) is 18.4. The number of hydrogen-bond acceptors (Lipinski definition) is 5. The van der Waals surface area contributed by atoms with E-state index in [4.69, 9.17) is 9.47 Å². The van der Waals surface area contributed by atoms with Crippen LogP contribution in [0.3, 0.4) is 0 Å². The van der Waals surface area contributed by atoms with Crippen molar-refractivity contribution >= 4 is 21.6 Å². The molecule has 2 heterocycles. The lowest BCUT2D eigenvalue weighted by Gasteiger charge is -2.16. The maximum absolute atomic E-state index is 12.6. The molecule has 2 fully saturated rings. The van der Waals surface area contributed by atoms with Crippen LogP contribution in [0.2, 0.25) is 0 Å². The average molecular weight is 380 g/mol. The molecule has 1 aromatic carbocycles. The fourth-order valence-electron chi connectivity index (χ4n) is 3.92. The second-order valence-corrected chi connectivity index (χ2v) is 9.52. The number of rotatable bonds is 6. The number of benzene rings is 1. The molecule has 1 N–H and O–H groups in total. The predicted octanol–water partition coefficient (Wildman–Crippen LogP) is 2.20. The summed E-state index contributed by atoms with van der Waals surface area (Å²) in [6, 6.07) is 5.32. The number of carbonyl (C=O) groups excluding carboxylic acids is 1. The fourth-order valence-corrected chi connectivity index (χ4v) is 5.66. The molecule has 1 aliphatic carbocycles. The fraction of sp³-hybridized carbons (Fsp3) is 0.611. The summed E-state index contributed by atoms with van der Waals surface area (Å²) in [6.07, 6.45) is 3.05. The first-order chi connectivity index (χ1) is 12.4. The van der Waals surface area contributed by atoms with Crippen molar-refractivity contribution < 1.29 is 22.7 Å². The van der Waals surface area contributed by atoms with Crippen LogP contribution in [0.25, 0.3) is 0 Å². The summed E-state index contributed by atoms with van der Waals surface area (Å²) in [5, 5.41) is 2.93. The number of hydrogen-bond donors (Lipinski definition) is 1. The van der Waals surface area contributed by atoms with Crippen molar-refractivity contribution in [3.63, 3.8) is 0 Å². The van der Waals surface area contributed by atoms with E-state index in [1.165, 1.54) is 0 Å². The molecule has 2 atom stereocenters. The summed E-state index contributed by atoms with van der Waals surface area (Å²) in [6.45, 7) is 3.18. The van der Waals surface area contributed by atoms with Gasteiger partial charge in [-0.15, -0.1) is 0 Å². The van der Waals surface area contributed by atoms with Crippen LogP contribution in [-0.4, -0.2) is 44.3 Å². The zero-order valence-corrected chi connectivity index (χ0v) is 15.7. The van der Waals surface area contributed by atoms with Crippen molar-refractivity contribution in [1.29, 1.82) is 0 Å². The molecule has 1 saturated carbocycles. The highest BCUT2D eigenvalue weighted by Crippen LogP contribution is 2.59. The summed E-state index contributed by atoms with van der Waals surface area (Å²) in [5.41, 5.74) is 0.492. The SMILES string of the molecule is CCCCS(=O)(=O)N1CCC2(CC2C(=O)Nc2ccc3c(c2)OCO3)C1. The van der Waals surface area contributed by atoms with Gasteiger partial charge in [0, 0.05) is 30.8 Å². The molecule has 0 bridgehead atoms. The van der Waals surface area contributed by atoms with Gasteiger partial charge in [-0.05, 0) is 36.8 Å². The number of nitrogens with zero attached hydrogens (tertiary/aromatic N) is 1. The molecule has 1 spiro atoms. The lowest BCUT2D eigenvalue weighted by molar-refractivity contribution is -0.118. The Bertz CT molecular complexity index is 825. The van der Waals surface area contributed by atoms with Crippen molar-refractivity contribution in [2.45, 2.75) is 32.6 Å². The Morgan fingerprint density at radius 3 is 2.96 bits per heavy atom. The molecule has 1 aromatic rings. The van der Waals surface area contributed by atoms with Crippen LogP contribution in [0, 0.1) is 11.3 Å². The Morgan fingerprint density at radius 2 is 2.15 bits per heavy atom. The number of nitrogens with one attached hydrogen (secondary N) is 1. The summed E-state index contributed by atoms with van der Waals surface area (Å²) in [7, 11) is -3.20. The van der Waals surface area contributed by atoms with Gasteiger partial charge in [-0.3, -0.25) is 4.79 Å². The highest BCUT2D eigenvalue weighted by Gasteiger charge is 2.62. The Kier molecular flexibility index (Phi) is 4.35. The number of unbranched alkanes of at least 4 members (excludes halogenated alkanes) is 1. The van der Waals surface area contributed by atoms with Crippen molar-refractivity contribution in [2.24, 2.45) is 11.3 Å². The maximum atomic E-state index is 12.6. The van der Waals surface area contributed by atoms with E-state index >= 15 is 0 Å². The Morgan fingerprint density at radius 1 is 1.35 bits per heavy atom. The Labute approximate surface area is 153 Å². The smallest absolute Gasteiger partial charge is 0.231 e. The van der Waals surface area contributed by atoms with Gasteiger partial charge in [0.15, 0.2) is 11.5 Å². The van der Waals surface area contributed by atoms with E-state index in [-0.39, 0.29) is 29.8 Å². The van der Waals surface area contributed by atoms with Crippen LogP contribution >= 0.6 is 0 Å². The third-order valence-electron chi connectivity index (χ3n) is 5.65. The minimum absolute atomic E-state index is 0.0447. The van der Waals surface area contributed by atoms with Gasteiger partial charge in [0.2, 0.25) is 22.7 Å². The molecular weight excluding hydrogens is 356 g/mol. The second-order valence-electron chi connectivity index (χ2n) is 7.43. The van der Waals surface area contributed by atoms with Crippen LogP contribution < -0.4 is 14.8 Å². The number of ether oxygens (including phenoxy) is 2. The van der Waals surface area contributed by atoms with Gasteiger partial charge in [-0.1, -0.05) is 13.3 Å². The molecule has 2 aliphatic heterocycles. The van der Waals surface area contributed by atoms with E-state index in [9.17, 15) is 13.2 Å². The molecule has 8 heteroatoms. The van der Waals surface area contributed by atoms with E-state index in [1.54, 1.807) is 22.5 Å². The van der Waals surface area contributed by atoms with Gasteiger partial charge in [-0.25, -0.2) is 12.7 Å². The topological polar surface area (TPSA) is 84.9 Å². The van der Waals surface area contributed by atoms with Crippen LogP contribution in [-0.2, 0) is 14.8 Å². The normalized spacial score (nSPS) is 27.0. The first kappa shape index (κ1) is 17.6. The number of carbonyl (C=O) groups is 1. The molecule has 142 valence electrons. The standard InChI is InChI=1S/C18H24N2O5S/c1-2-3-8-26(22,23)20-7-6-18(11-20)10-14(18)17(21)19-13-4-5-15-16(9-13)25-12-24-15/h4-5,9,14H,2-3,6-8,10-12H2,1H3,(H,19,21). The van der Waals surface area contributed by atoms with E-state index in [1.807, 2.05) is 6.92 Å². The molecule has 0 aromatic heterocycles. The molecule has 2 unspecified atom stereocenters. The maximum Gasteiger partial charge on any atom is 0.231 e. The minimum atomic E-state index is -3.20. The Balaban J connectivity index is 1.37. The summed E-state index contributed by atoms with van der Waals surface area (Å²) in [4.78, 5) is 12.6. The third kappa shape index (κ3) is 3.16. The third-order valence-corrected chi connectivity index (χ3v) is 7.55. The highest BCUT2D eigenvalue weighted by atomic mass is 32.2. The van der Waals surface area contributed by atoms with Crippen LogP contribution in [0.15, 0.2) is 18.2 Å². The second kappa shape index (κ2) is 6.42. The zero-order valence-electron chi connectivity index (χ0n) is 14.9. The van der Waals surface area contributed by atoms with Crippen molar-refractivity contribution in [3.8, 4) is 11.5 Å². The number of fused-ring (bicyclic) bond motifs is 1. The number of anilines is 1. The monoisotopic (exact) mass is 380 g/mol. The number of sulfonamides is 1. The van der Waals surface area contributed by atoms with E-state index in [0.717, 1.165) is 19.3 Å². The first-order valence-corrected chi connectivity index (χ1v) is 10.7. The largest absolute Gasteiger partial charge is 0.454 e. The summed E-state index contributed by atoms with van der Waals surface area (Å²) < 4.78 is 36.9. The van der Waals surface area contributed by atoms with Crippen LogP contribution in [0.5, 0.6) is 11.5 Å². The van der Waals surface area contributed by atoms with Crippen LogP contribution in [0.1, 0.15) is 32.6 Å². The van der Waals surface area contributed by atoms with Gasteiger partial charge in [0.05, 0.1) is 5.75 Å². The minimum Gasteiger partial charge on any atom is -0.454 e. The quantitative estimate of drug-likeness (QED) is 0.818. The first-order valence-electron chi connectivity index (χ1n) is 9.12. The lowest BCUT2D eigenvalue weighted by Crippen LogP contribution is -2.32. The van der Waals surface area contributed by atoms with Gasteiger partial charge in [0.1, 0.15) is 0 Å². The molecule has 0 radical (unpaired) electrons. The van der Waals surface area contributed by atoms with Crippen LogP contribution in [0.4, 0.5) is 5.69 Å². The van der Waals surface area contributed by atoms with E-state index in [2.05, 4.69) is 5.32 Å². The highest BCUT2D eigenvalue weighted by molar-refractivity contribution is 7.89. The van der Waals surface area contributed by atoms with Crippen molar-refractivity contribution in [1.82, 2.24) is 4.31 Å². The molecule has 1 saturated heterocycles. The molecule has 7 nitrogen and oxygen atoms in total. The van der Waals surface area contributed by atoms with E-state index in [0.29, 0.717) is 36.7 Å². The Hall–Kier alpha value is -1.80. The molecular formula is C18H24N2O5S. The number of amides is 1. The molecule has 3 aliphatic rings. The molecule has 4 rings (SSSR count). The van der Waals surface area contributed by atoms with Gasteiger partial charge < -0.3 is 14.8 Å². The van der Waals surface area contributed by atoms with E-state index < -0.39 is 10.0 Å². The van der Waals surface area contributed by atoms with Crippen molar-refractivity contribution in [3.05, 3.63) is 18.2 Å². The summed E-state index contributed by atoms with van der Waals surface area (Å²) in [5.74, 6) is 1.33. The predicted molar refractivity (Wildman–Crippen MR) is 96.6 cm³/mol. The van der Waals surface area contributed by atoms with Crippen molar-refractivity contribution in [2.75, 3.05) is 31.0 Å². The van der Waals surface area contributed by atoms with Gasteiger partial charge in [0.25, 0.3) is 0 Å². The summed E-state index contributed by atoms with van der Waals surface area (Å²) >= 11 is 0. The molecule has 1 amide bonds. The lowest BCUT2D eigenvalue weighted by atomic mass is 10.0. The average Bonchev–Trinajstić information content (AvgIpc) is 2.95. The van der Waals surface area contributed by atoms with Gasteiger partial charge in [-0.2, -0.15) is 0 Å². The van der Waals surface area contributed by atoms with Gasteiger partial charge >= 0.3 is 0 Å².